The minimum absolute atomic E-state index is 0.369. The number of rotatable bonds is 14. The number of allylic oxidation sites excluding steroid dienone is 1. The molecular formula is C22H36O. The number of benzene rings is 1. The first-order valence-electron chi connectivity index (χ1n) is 9.67. The maximum atomic E-state index is 6.17. The van der Waals surface area contributed by atoms with Crippen LogP contribution in [0.2, 0.25) is 0 Å². The van der Waals surface area contributed by atoms with E-state index in [1.165, 1.54) is 63.4 Å². The van der Waals surface area contributed by atoms with Crippen LogP contribution in [0.5, 0.6) is 0 Å². The zero-order chi connectivity index (χ0) is 16.6. The van der Waals surface area contributed by atoms with Gasteiger partial charge in [-0.1, -0.05) is 94.9 Å². The average molecular weight is 317 g/mol. The fourth-order valence-corrected chi connectivity index (χ4v) is 2.73. The van der Waals surface area contributed by atoms with Gasteiger partial charge in [0, 0.05) is 0 Å². The van der Waals surface area contributed by atoms with Gasteiger partial charge in [0.05, 0.1) is 12.7 Å². The van der Waals surface area contributed by atoms with Gasteiger partial charge in [0.2, 0.25) is 0 Å². The van der Waals surface area contributed by atoms with Gasteiger partial charge in [0.15, 0.2) is 0 Å². The minimum Gasteiger partial charge on any atom is -0.373 e. The van der Waals surface area contributed by atoms with Crippen LogP contribution in [0, 0.1) is 0 Å². The van der Waals surface area contributed by atoms with Crippen molar-refractivity contribution in [2.24, 2.45) is 0 Å². The predicted octanol–water partition coefficient (Wildman–Crippen LogP) is 7.07. The summed E-state index contributed by atoms with van der Waals surface area (Å²) in [6.45, 7) is 5.26. The van der Waals surface area contributed by atoms with Crippen molar-refractivity contribution in [1.82, 2.24) is 0 Å². The molecule has 1 aromatic rings. The van der Waals surface area contributed by atoms with Gasteiger partial charge >= 0.3 is 0 Å². The first-order valence-corrected chi connectivity index (χ1v) is 9.67. The highest BCUT2D eigenvalue weighted by atomic mass is 16.5. The summed E-state index contributed by atoms with van der Waals surface area (Å²) < 4.78 is 6.17. The van der Waals surface area contributed by atoms with Crippen LogP contribution in [0.1, 0.15) is 83.6 Å². The van der Waals surface area contributed by atoms with Gasteiger partial charge in [0.1, 0.15) is 0 Å². The van der Waals surface area contributed by atoms with Crippen molar-refractivity contribution in [1.29, 1.82) is 0 Å². The zero-order valence-electron chi connectivity index (χ0n) is 15.3. The summed E-state index contributed by atoms with van der Waals surface area (Å²) >= 11 is 0. The lowest BCUT2D eigenvalue weighted by Gasteiger charge is -2.16. The lowest BCUT2D eigenvalue weighted by atomic mass is 10.1. The van der Waals surface area contributed by atoms with Gasteiger partial charge < -0.3 is 4.74 Å². The van der Waals surface area contributed by atoms with Gasteiger partial charge in [-0.3, -0.25) is 0 Å². The van der Waals surface area contributed by atoms with E-state index >= 15 is 0 Å². The first-order chi connectivity index (χ1) is 11.4. The van der Waals surface area contributed by atoms with Gasteiger partial charge in [-0.05, 0) is 31.2 Å². The molecule has 23 heavy (non-hydrogen) atoms. The van der Waals surface area contributed by atoms with E-state index in [0.717, 1.165) is 13.0 Å². The van der Waals surface area contributed by atoms with E-state index in [2.05, 4.69) is 56.3 Å². The third kappa shape index (κ3) is 11.1. The second kappa shape index (κ2) is 14.5. The summed E-state index contributed by atoms with van der Waals surface area (Å²) in [4.78, 5) is 0. The second-order valence-electron chi connectivity index (χ2n) is 6.47. The highest BCUT2D eigenvalue weighted by molar-refractivity contribution is 5.13. The molecule has 0 N–H and O–H groups in total. The van der Waals surface area contributed by atoms with Crippen molar-refractivity contribution in [3.8, 4) is 0 Å². The molecule has 0 aliphatic heterocycles. The summed E-state index contributed by atoms with van der Waals surface area (Å²) in [7, 11) is 0. The molecule has 0 heterocycles. The maximum Gasteiger partial charge on any atom is 0.0720 e. The summed E-state index contributed by atoms with van der Waals surface area (Å²) in [5, 5.41) is 0. The van der Waals surface area contributed by atoms with E-state index in [-0.39, 0.29) is 0 Å². The average Bonchev–Trinajstić information content (AvgIpc) is 2.59. The first kappa shape index (κ1) is 20.0. The number of unbranched alkanes of at least 4 members (excludes halogenated alkanes) is 6. The Balaban J connectivity index is 2.28. The molecule has 0 unspecified atom stereocenters. The zero-order valence-corrected chi connectivity index (χ0v) is 15.3. The molecule has 0 aliphatic carbocycles. The Bertz CT molecular complexity index is 382. The topological polar surface area (TPSA) is 9.23 Å². The Hall–Kier alpha value is -1.08. The molecule has 0 saturated heterocycles. The van der Waals surface area contributed by atoms with Crippen LogP contribution in [0.15, 0.2) is 42.5 Å². The Labute approximate surface area is 144 Å². The lowest BCUT2D eigenvalue weighted by molar-refractivity contribution is 0.0354. The molecule has 0 bridgehead atoms. The van der Waals surface area contributed by atoms with Crippen molar-refractivity contribution in [2.45, 2.75) is 90.8 Å². The van der Waals surface area contributed by atoms with Crippen molar-refractivity contribution < 1.29 is 4.74 Å². The number of hydrogen-bond acceptors (Lipinski definition) is 1. The highest BCUT2D eigenvalue weighted by Gasteiger charge is 2.07. The molecule has 0 aromatic heterocycles. The second-order valence-corrected chi connectivity index (χ2v) is 6.47. The molecule has 130 valence electrons. The van der Waals surface area contributed by atoms with Crippen molar-refractivity contribution in [2.75, 3.05) is 0 Å². The molecule has 1 atom stereocenters. The highest BCUT2D eigenvalue weighted by Crippen LogP contribution is 2.14. The van der Waals surface area contributed by atoms with E-state index in [1.807, 2.05) is 0 Å². The van der Waals surface area contributed by atoms with Gasteiger partial charge in [-0.25, -0.2) is 0 Å². The molecule has 1 aromatic carbocycles. The van der Waals surface area contributed by atoms with Crippen molar-refractivity contribution >= 4 is 0 Å². The smallest absolute Gasteiger partial charge is 0.0720 e. The number of ether oxygens (including phenoxy) is 1. The minimum atomic E-state index is 0.369. The number of hydrogen-bond donors (Lipinski definition) is 0. The fraction of sp³-hybridized carbons (Fsp3) is 0.636. The van der Waals surface area contributed by atoms with Crippen LogP contribution in [-0.4, -0.2) is 6.10 Å². The lowest BCUT2D eigenvalue weighted by Crippen LogP contribution is -2.12. The molecule has 0 spiro atoms. The van der Waals surface area contributed by atoms with Crippen LogP contribution in [0.4, 0.5) is 0 Å². The quantitative estimate of drug-likeness (QED) is 0.263. The normalized spacial score (nSPS) is 12.8. The third-order valence-corrected chi connectivity index (χ3v) is 4.25. The Kier molecular flexibility index (Phi) is 12.6. The third-order valence-electron chi connectivity index (χ3n) is 4.25. The standard InChI is InChI=1S/C22H36O/c1-3-5-7-8-9-10-15-19-22(18-12-6-4-2)23-20-21-16-13-11-14-17-21/h10-11,13-17,22H,3-9,12,18-20H2,1-2H3/b15-10+/t22-/m0/s1. The molecule has 1 rings (SSSR count). The summed E-state index contributed by atoms with van der Waals surface area (Å²) in [6, 6.07) is 10.5. The molecule has 1 nitrogen and oxygen atoms in total. The van der Waals surface area contributed by atoms with Gasteiger partial charge in [-0.15, -0.1) is 0 Å². The van der Waals surface area contributed by atoms with E-state index < -0.39 is 0 Å². The van der Waals surface area contributed by atoms with Crippen LogP contribution in [0.25, 0.3) is 0 Å². The molecular weight excluding hydrogens is 280 g/mol. The maximum absolute atomic E-state index is 6.17. The Morgan fingerprint density at radius 3 is 2.35 bits per heavy atom. The van der Waals surface area contributed by atoms with Crippen LogP contribution in [0.3, 0.4) is 0 Å². The van der Waals surface area contributed by atoms with E-state index in [9.17, 15) is 0 Å². The van der Waals surface area contributed by atoms with Crippen LogP contribution < -0.4 is 0 Å². The van der Waals surface area contributed by atoms with E-state index in [1.54, 1.807) is 0 Å². The molecule has 0 aliphatic rings. The largest absolute Gasteiger partial charge is 0.373 e. The van der Waals surface area contributed by atoms with E-state index in [0.29, 0.717) is 6.10 Å². The monoisotopic (exact) mass is 316 g/mol. The summed E-state index contributed by atoms with van der Waals surface area (Å²) in [5.74, 6) is 0. The van der Waals surface area contributed by atoms with Crippen LogP contribution in [-0.2, 0) is 11.3 Å². The molecule has 0 saturated carbocycles. The molecule has 0 amide bonds. The van der Waals surface area contributed by atoms with Gasteiger partial charge in [0.25, 0.3) is 0 Å². The Morgan fingerprint density at radius 2 is 1.61 bits per heavy atom. The summed E-state index contributed by atoms with van der Waals surface area (Å²) in [6.07, 6.45) is 17.8. The SMILES string of the molecule is CCCCCC/C=C/C[C@H](CCCCC)OCc1ccccc1. The van der Waals surface area contributed by atoms with Crippen LogP contribution >= 0.6 is 0 Å². The fourth-order valence-electron chi connectivity index (χ4n) is 2.73. The predicted molar refractivity (Wildman–Crippen MR) is 102 cm³/mol. The Morgan fingerprint density at radius 1 is 0.870 bits per heavy atom. The van der Waals surface area contributed by atoms with Gasteiger partial charge in [-0.2, -0.15) is 0 Å². The van der Waals surface area contributed by atoms with Crippen molar-refractivity contribution in [3.63, 3.8) is 0 Å². The molecule has 1 heteroatoms. The molecule has 0 radical (unpaired) electrons. The summed E-state index contributed by atoms with van der Waals surface area (Å²) in [5.41, 5.74) is 1.27. The van der Waals surface area contributed by atoms with E-state index in [4.69, 9.17) is 4.74 Å². The van der Waals surface area contributed by atoms with Crippen molar-refractivity contribution in [3.05, 3.63) is 48.0 Å². The molecule has 0 fully saturated rings.